The Balaban J connectivity index is 0.000000206. The molecule has 0 saturated carbocycles. The minimum Gasteiger partial charge on any atom is -0.427 e. The molecule has 7 radical (unpaired) electrons. The van der Waals surface area contributed by atoms with Crippen LogP contribution >= 0.6 is 0 Å². The van der Waals surface area contributed by atoms with Crippen molar-refractivity contribution in [2.75, 3.05) is 0 Å². The molecule has 0 bridgehead atoms. The van der Waals surface area contributed by atoms with E-state index in [1.807, 2.05) is 44.2 Å². The van der Waals surface area contributed by atoms with Gasteiger partial charge in [-0.2, -0.15) is 0 Å². The maximum absolute atomic E-state index is 10.5. The van der Waals surface area contributed by atoms with Gasteiger partial charge in [-0.25, -0.2) is 0 Å². The van der Waals surface area contributed by atoms with E-state index in [1.54, 1.807) is 104 Å². The Kier molecular flexibility index (Phi) is 22.0. The van der Waals surface area contributed by atoms with E-state index >= 15 is 0 Å². The van der Waals surface area contributed by atoms with E-state index in [1.165, 1.54) is 90.7 Å². The molecule has 0 atom stereocenters. The summed E-state index contributed by atoms with van der Waals surface area (Å²) in [6, 6.07) is 39.9. The Labute approximate surface area is 533 Å². The number of rotatable bonds is 17. The molecule has 4 aliphatic rings. The molecular weight excluding hydrogens is 1080 g/mol. The summed E-state index contributed by atoms with van der Waals surface area (Å²) in [5.41, 5.74) is 14.0. The molecule has 8 nitrogen and oxygen atoms in total. The van der Waals surface area contributed by atoms with Crippen molar-refractivity contribution in [2.45, 2.75) is 231 Å². The Morgan fingerprint density at radius 2 is 0.727 bits per heavy atom. The van der Waals surface area contributed by atoms with E-state index < -0.39 is 50.2 Å². The zero-order valence-corrected chi connectivity index (χ0v) is 55.9. The number of aryl methyl sites for hydroxylation is 4. The van der Waals surface area contributed by atoms with Crippen molar-refractivity contribution in [1.29, 1.82) is 0 Å². The number of hydrogen-bond acceptors (Lipinski definition) is 8. The van der Waals surface area contributed by atoms with Crippen LogP contribution in [0.15, 0.2) is 135 Å². The molecule has 88 heavy (non-hydrogen) atoms. The normalized spacial score (nSPS) is 15.1. The van der Waals surface area contributed by atoms with Gasteiger partial charge in [0.2, 0.25) is 0 Å². The quantitative estimate of drug-likeness (QED) is 0.0271. The Hall–Kier alpha value is -5.26. The lowest BCUT2D eigenvalue weighted by Gasteiger charge is -2.37. The monoisotopic (exact) mass is 1180 g/mol. The SMILES string of the molecule is CC(C)(O)C(C)(C)O.CC(C)(O)C(C)(C)O.CC(C)(O)C(C)(C)O.[B]c1ccc2c(c1)C(CCCC=C)(CCCC=C)c1cc([B]OC(C)(C)C(C)(C)O)ccc1-2.[B]c1ccc2c(c1)C(c1ccc3c(c1)CC3)(c1ccc3c(c1)CC3)c1cc([B])ccc1-2. The summed E-state index contributed by atoms with van der Waals surface area (Å²) < 4.78 is 6.08. The third kappa shape index (κ3) is 15.7. The van der Waals surface area contributed by atoms with Gasteiger partial charge in [-0.15, -0.1) is 13.2 Å². The molecule has 4 aliphatic carbocycles. The van der Waals surface area contributed by atoms with Crippen molar-refractivity contribution in [1.82, 2.24) is 0 Å². The Morgan fingerprint density at radius 3 is 1.03 bits per heavy atom. The van der Waals surface area contributed by atoms with Gasteiger partial charge in [-0.05, 0) is 253 Å². The maximum Gasteiger partial charge on any atom is 0.330 e. The van der Waals surface area contributed by atoms with E-state index in [9.17, 15) is 5.11 Å². The smallest absolute Gasteiger partial charge is 0.330 e. The lowest BCUT2D eigenvalue weighted by molar-refractivity contribution is -0.107. The highest BCUT2D eigenvalue weighted by atomic mass is 16.5. The average Bonchev–Trinajstić information content (AvgIpc) is 1.51. The molecule has 6 aromatic rings. The van der Waals surface area contributed by atoms with E-state index in [0.29, 0.717) is 0 Å². The highest BCUT2D eigenvalue weighted by molar-refractivity contribution is 6.47. The van der Waals surface area contributed by atoms with Crippen LogP contribution in [0.1, 0.15) is 205 Å². The molecule has 463 valence electrons. The number of hydrogen-bond donors (Lipinski definition) is 7. The zero-order valence-electron chi connectivity index (χ0n) is 55.9. The lowest BCUT2D eigenvalue weighted by Crippen LogP contribution is -2.49. The molecule has 0 aliphatic heterocycles. The Morgan fingerprint density at radius 1 is 0.409 bits per heavy atom. The van der Waals surface area contributed by atoms with Crippen LogP contribution in [-0.4, -0.2) is 112 Å². The van der Waals surface area contributed by atoms with Crippen LogP contribution in [0, 0.1) is 0 Å². The minimum atomic E-state index is -1.01. The van der Waals surface area contributed by atoms with Crippen molar-refractivity contribution >= 4 is 52.9 Å². The number of allylic oxidation sites excluding steroid dienone is 2. The number of benzene rings is 6. The molecule has 0 fully saturated rings. The fraction of sp³-hybridized carbons (Fsp3) is 0.474. The summed E-state index contributed by atoms with van der Waals surface area (Å²) in [4.78, 5) is 0. The minimum absolute atomic E-state index is 0.0956. The summed E-state index contributed by atoms with van der Waals surface area (Å²) in [5.74, 6) is 0. The van der Waals surface area contributed by atoms with Crippen LogP contribution in [0.2, 0.25) is 0 Å². The second-order valence-electron chi connectivity index (χ2n) is 29.0. The molecule has 0 spiro atoms. The largest absolute Gasteiger partial charge is 0.427 e. The van der Waals surface area contributed by atoms with Crippen molar-refractivity contribution < 1.29 is 40.4 Å². The van der Waals surface area contributed by atoms with Crippen molar-refractivity contribution in [2.24, 2.45) is 0 Å². The Bertz CT molecular complexity index is 3200. The topological polar surface area (TPSA) is 151 Å². The molecule has 0 amide bonds. The molecular formula is C76H99B4O8. The van der Waals surface area contributed by atoms with Crippen LogP contribution < -0.4 is 21.9 Å². The maximum atomic E-state index is 10.5. The van der Waals surface area contributed by atoms with E-state index in [-0.39, 0.29) is 5.41 Å². The first-order valence-corrected chi connectivity index (χ1v) is 31.3. The molecule has 10 rings (SSSR count). The van der Waals surface area contributed by atoms with Gasteiger partial charge >= 0.3 is 7.48 Å². The summed E-state index contributed by atoms with van der Waals surface area (Å²) in [6.45, 7) is 34.1. The van der Waals surface area contributed by atoms with E-state index in [2.05, 4.69) is 104 Å². The van der Waals surface area contributed by atoms with Crippen LogP contribution in [0.3, 0.4) is 0 Å². The molecule has 0 aromatic heterocycles. The van der Waals surface area contributed by atoms with Crippen molar-refractivity contribution in [3.8, 4) is 22.3 Å². The van der Waals surface area contributed by atoms with Gasteiger partial charge in [0.1, 0.15) is 23.5 Å². The van der Waals surface area contributed by atoms with Crippen molar-refractivity contribution in [3.63, 3.8) is 0 Å². The summed E-state index contributed by atoms with van der Waals surface area (Å²) >= 11 is 0. The number of aliphatic hydroxyl groups is 7. The van der Waals surface area contributed by atoms with Gasteiger partial charge in [0.05, 0.1) is 50.2 Å². The molecule has 0 unspecified atom stereocenters. The summed E-state index contributed by atoms with van der Waals surface area (Å²) in [6.07, 6.45) is 14.9. The predicted molar refractivity (Wildman–Crippen MR) is 370 cm³/mol. The van der Waals surface area contributed by atoms with Gasteiger partial charge in [0, 0.05) is 5.41 Å². The van der Waals surface area contributed by atoms with Crippen LogP contribution in [0.4, 0.5) is 0 Å². The number of unbranched alkanes of at least 4 members (excludes halogenated alkanes) is 2. The zero-order chi connectivity index (χ0) is 66.0. The first-order valence-electron chi connectivity index (χ1n) is 31.3. The van der Waals surface area contributed by atoms with Crippen LogP contribution in [0.25, 0.3) is 22.3 Å². The summed E-state index contributed by atoms with van der Waals surface area (Å²) in [7, 11) is 20.8. The highest BCUT2D eigenvalue weighted by Crippen LogP contribution is 2.57. The van der Waals surface area contributed by atoms with Gasteiger partial charge in [-0.1, -0.05) is 143 Å². The molecule has 7 N–H and O–H groups in total. The van der Waals surface area contributed by atoms with Crippen molar-refractivity contribution in [3.05, 3.63) is 190 Å². The molecule has 0 heterocycles. The number of fused-ring (bicyclic) bond motifs is 8. The summed E-state index contributed by atoms with van der Waals surface area (Å²) in [5, 5.41) is 65.1. The molecule has 6 aromatic carbocycles. The van der Waals surface area contributed by atoms with Crippen LogP contribution in [0.5, 0.6) is 0 Å². The fourth-order valence-corrected chi connectivity index (χ4v) is 10.7. The first kappa shape index (κ1) is 71.8. The van der Waals surface area contributed by atoms with E-state index in [0.717, 1.165) is 73.2 Å². The predicted octanol–water partition coefficient (Wildman–Crippen LogP) is 10.7. The first-order chi connectivity index (χ1) is 40.4. The van der Waals surface area contributed by atoms with Gasteiger partial charge in [0.25, 0.3) is 0 Å². The second kappa shape index (κ2) is 26.9. The fourth-order valence-electron chi connectivity index (χ4n) is 10.7. The van der Waals surface area contributed by atoms with Gasteiger partial charge in [0.15, 0.2) is 0 Å². The van der Waals surface area contributed by atoms with E-state index in [4.69, 9.17) is 58.8 Å². The molecule has 12 heteroatoms. The average molecular weight is 1180 g/mol. The highest BCUT2D eigenvalue weighted by Gasteiger charge is 2.48. The second-order valence-corrected chi connectivity index (χ2v) is 29.0. The van der Waals surface area contributed by atoms with Gasteiger partial charge in [-0.3, -0.25) is 0 Å². The molecule has 0 saturated heterocycles. The lowest BCUT2D eigenvalue weighted by atomic mass is 9.64. The third-order valence-corrected chi connectivity index (χ3v) is 19.7. The van der Waals surface area contributed by atoms with Crippen LogP contribution in [-0.2, 0) is 41.2 Å². The third-order valence-electron chi connectivity index (χ3n) is 19.7. The van der Waals surface area contributed by atoms with Gasteiger partial charge < -0.3 is 40.4 Å². The standard InChI is InChI=1S/C29H37B2O2.C29H20B2.3C6H14O2/c1-7-9-11-17-29(18-12-10-8-2)25-19-21(30)13-15-23(25)24-16-14-22(20-26(24)29)31-33-28(5,6)27(3,4)32;30-23-9-11-25-26-12-10-24(31)16-28(26)29(27(25)15-23,21-7-5-17-1-3-19(17)13-21)22-8-6-18-2-4-20(18)14-22;3*1-5(2,7)6(3,4)8/h7-8,13-16,19-20,32H,1-2,9-12,17-18H2,3-6H3;5-16H,1-4H2;3*7-8H,1-4H3.